The summed E-state index contributed by atoms with van der Waals surface area (Å²) in [6, 6.07) is 35.3. The van der Waals surface area contributed by atoms with Crippen molar-refractivity contribution in [3.05, 3.63) is 119 Å². The Morgan fingerprint density at radius 1 is 0.756 bits per heavy atom. The molecule has 2 heterocycles. The van der Waals surface area contributed by atoms with Gasteiger partial charge >= 0.3 is 0 Å². The molecule has 0 bridgehead atoms. The van der Waals surface area contributed by atoms with Crippen LogP contribution in [-0.2, 0) is 0 Å². The third kappa shape index (κ3) is 5.25. The highest BCUT2D eigenvalue weighted by Gasteiger charge is 2.14. The van der Waals surface area contributed by atoms with Gasteiger partial charge in [-0.2, -0.15) is 0 Å². The molecule has 0 aliphatic carbocycles. The van der Waals surface area contributed by atoms with Crippen LogP contribution in [-0.4, -0.2) is 14.2 Å². The first-order chi connectivity index (χ1) is 20.1. The molecule has 2 aromatic heterocycles. The molecule has 0 aliphatic rings. The second-order valence-corrected chi connectivity index (χ2v) is 11.4. The minimum absolute atomic E-state index is 0.0987. The number of rotatable bonds is 7. The van der Waals surface area contributed by atoms with Gasteiger partial charge in [0.15, 0.2) is 0 Å². The maximum absolute atomic E-state index is 9.09. The van der Waals surface area contributed by atoms with Crippen molar-refractivity contribution in [2.45, 2.75) is 0 Å². The predicted octanol–water partition coefficient (Wildman–Crippen LogP) is 10.1. The van der Waals surface area contributed by atoms with Crippen LogP contribution in [0.1, 0.15) is 4.88 Å². The normalized spacial score (nSPS) is 11.3. The van der Waals surface area contributed by atoms with E-state index in [1.54, 1.807) is 43.0 Å². The molecular weight excluding hydrogens is 547 g/mol. The maximum atomic E-state index is 9.09. The molecule has 0 N–H and O–H groups in total. The first-order valence-electron chi connectivity index (χ1n) is 12.7. The van der Waals surface area contributed by atoms with Crippen molar-refractivity contribution in [3.8, 4) is 28.0 Å². The summed E-state index contributed by atoms with van der Waals surface area (Å²) in [7, 11) is 3.34. The molecule has 6 rings (SSSR count). The summed E-state index contributed by atoms with van der Waals surface area (Å²) >= 11 is 3.35. The number of hydrogen-bond acceptors (Lipinski definition) is 6. The molecule has 0 amide bonds. The minimum atomic E-state index is 0.0987. The van der Waals surface area contributed by atoms with Gasteiger partial charge in [-0.3, -0.25) is 0 Å². The molecule has 0 radical (unpaired) electrons. The Morgan fingerprint density at radius 2 is 1.27 bits per heavy atom. The van der Waals surface area contributed by atoms with Gasteiger partial charge in [-0.15, -0.1) is 22.7 Å². The number of fused-ring (bicyclic) bond motifs is 2. The zero-order chi connectivity index (χ0) is 28.3. The Balaban J connectivity index is 1.33. The second kappa shape index (κ2) is 11.2. The number of ether oxygens (including phenoxy) is 2. The van der Waals surface area contributed by atoms with Crippen molar-refractivity contribution >= 4 is 66.0 Å². The van der Waals surface area contributed by atoms with E-state index in [1.165, 1.54) is 15.0 Å². The zero-order valence-corrected chi connectivity index (χ0v) is 23.9. The van der Waals surface area contributed by atoms with E-state index in [2.05, 4.69) is 76.5 Å². The number of hydrogen-bond donors (Lipinski definition) is 0. The Hall–Kier alpha value is -5.08. The van der Waals surface area contributed by atoms with E-state index >= 15 is 0 Å². The lowest BCUT2D eigenvalue weighted by Crippen LogP contribution is -2.09. The summed E-state index contributed by atoms with van der Waals surface area (Å²) in [6.45, 7) is 7.13. The van der Waals surface area contributed by atoms with Gasteiger partial charge in [0.05, 0.1) is 26.9 Å². The minimum Gasteiger partial charge on any atom is -0.497 e. The molecule has 4 aromatic carbocycles. The van der Waals surface area contributed by atoms with Crippen molar-refractivity contribution in [2.75, 3.05) is 19.1 Å². The van der Waals surface area contributed by atoms with Gasteiger partial charge in [-0.1, -0.05) is 12.1 Å². The fourth-order valence-electron chi connectivity index (χ4n) is 4.71. The van der Waals surface area contributed by atoms with Gasteiger partial charge < -0.3 is 14.4 Å². The number of nitrogens with zero attached hydrogens (tertiary/aromatic N) is 3. The molecule has 0 saturated heterocycles. The Morgan fingerprint density at radius 3 is 1.78 bits per heavy atom. The molecule has 5 nitrogen and oxygen atoms in total. The fraction of sp³-hybridized carbons (Fsp3) is 0.0588. The molecule has 0 unspecified atom stereocenters. The standard InChI is InChI=1S/C34H23N3O2S2/c1-36-25(21-35)20-31-16-23-17-34-24(19-33(23)40-31)18-32(41-34)22-4-6-26(7-5-22)37(27-8-12-29(38-2)13-9-27)28-10-14-30(39-3)15-11-28/h4-20H,2-3H3/b25-20-. The zero-order valence-electron chi connectivity index (χ0n) is 22.3. The Bertz CT molecular complexity index is 1860. The van der Waals surface area contributed by atoms with E-state index in [0.29, 0.717) is 0 Å². The van der Waals surface area contributed by atoms with Crippen LogP contribution in [0.4, 0.5) is 17.1 Å². The lowest BCUT2D eigenvalue weighted by molar-refractivity contribution is 0.415. The highest BCUT2D eigenvalue weighted by molar-refractivity contribution is 7.23. The monoisotopic (exact) mass is 569 g/mol. The molecule has 0 atom stereocenters. The molecule has 0 fully saturated rings. The number of benzene rings is 4. The molecule has 41 heavy (non-hydrogen) atoms. The van der Waals surface area contributed by atoms with Crippen molar-refractivity contribution in [1.29, 1.82) is 5.26 Å². The quantitative estimate of drug-likeness (QED) is 0.142. The van der Waals surface area contributed by atoms with E-state index < -0.39 is 0 Å². The van der Waals surface area contributed by atoms with E-state index in [9.17, 15) is 0 Å². The van der Waals surface area contributed by atoms with Crippen LogP contribution in [0.5, 0.6) is 11.5 Å². The van der Waals surface area contributed by atoms with Crippen LogP contribution in [0.25, 0.3) is 41.5 Å². The molecule has 0 saturated carbocycles. The molecule has 0 spiro atoms. The highest BCUT2D eigenvalue weighted by Crippen LogP contribution is 2.41. The van der Waals surface area contributed by atoms with Crippen LogP contribution in [0.3, 0.4) is 0 Å². The summed E-state index contributed by atoms with van der Waals surface area (Å²) in [5.41, 5.74) is 4.35. The van der Waals surface area contributed by atoms with Gasteiger partial charge in [-0.05, 0) is 107 Å². The van der Waals surface area contributed by atoms with Gasteiger partial charge in [0.2, 0.25) is 0 Å². The van der Waals surface area contributed by atoms with Crippen LogP contribution in [0, 0.1) is 17.9 Å². The van der Waals surface area contributed by atoms with Crippen LogP contribution < -0.4 is 14.4 Å². The van der Waals surface area contributed by atoms with Crippen molar-refractivity contribution in [1.82, 2.24) is 0 Å². The van der Waals surface area contributed by atoms with Crippen molar-refractivity contribution < 1.29 is 9.47 Å². The number of anilines is 3. The summed E-state index contributed by atoms with van der Waals surface area (Å²) < 4.78 is 13.1. The third-order valence-corrected chi connectivity index (χ3v) is 8.95. The largest absolute Gasteiger partial charge is 0.497 e. The number of thiophene rings is 2. The summed E-state index contributed by atoms with van der Waals surface area (Å²) in [6.07, 6.45) is 1.65. The third-order valence-electron chi connectivity index (χ3n) is 6.76. The van der Waals surface area contributed by atoms with E-state index in [1.807, 2.05) is 36.4 Å². The summed E-state index contributed by atoms with van der Waals surface area (Å²) in [5.74, 6) is 1.62. The lowest BCUT2D eigenvalue weighted by atomic mass is 10.1. The lowest BCUT2D eigenvalue weighted by Gasteiger charge is -2.26. The van der Waals surface area contributed by atoms with Crippen LogP contribution >= 0.6 is 22.7 Å². The van der Waals surface area contributed by atoms with Crippen molar-refractivity contribution in [2.24, 2.45) is 0 Å². The van der Waals surface area contributed by atoms with Gasteiger partial charge in [0.25, 0.3) is 5.70 Å². The predicted molar refractivity (Wildman–Crippen MR) is 171 cm³/mol. The summed E-state index contributed by atoms with van der Waals surface area (Å²) in [4.78, 5) is 7.60. The first kappa shape index (κ1) is 26.2. The molecule has 198 valence electrons. The number of methoxy groups -OCH3 is 2. The van der Waals surface area contributed by atoms with Crippen molar-refractivity contribution in [3.63, 3.8) is 0 Å². The molecular formula is C34H23N3O2S2. The molecule has 0 aliphatic heterocycles. The fourth-order valence-corrected chi connectivity index (χ4v) is 6.85. The van der Waals surface area contributed by atoms with Gasteiger partial charge in [0.1, 0.15) is 11.5 Å². The van der Waals surface area contributed by atoms with E-state index in [-0.39, 0.29) is 5.70 Å². The number of nitriles is 1. The topological polar surface area (TPSA) is 49.9 Å². The van der Waals surface area contributed by atoms with E-state index in [4.69, 9.17) is 21.3 Å². The molecule has 7 heteroatoms. The SMILES string of the molecule is [C-]#[N+]/C(C#N)=C\c1cc2cc3sc(-c4ccc(N(c5ccc(OC)cc5)c5ccc(OC)cc5)cc4)cc3cc2s1. The summed E-state index contributed by atoms with van der Waals surface area (Å²) in [5, 5.41) is 11.4. The Labute approximate surface area is 246 Å². The van der Waals surface area contributed by atoms with Gasteiger partial charge in [0, 0.05) is 36.2 Å². The number of allylic oxidation sites excluding steroid dienone is 1. The Kier molecular flexibility index (Phi) is 7.14. The smallest absolute Gasteiger partial charge is 0.263 e. The highest BCUT2D eigenvalue weighted by atomic mass is 32.1. The first-order valence-corrected chi connectivity index (χ1v) is 14.4. The average molecular weight is 570 g/mol. The molecule has 6 aromatic rings. The van der Waals surface area contributed by atoms with Crippen LogP contribution in [0.15, 0.2) is 103 Å². The van der Waals surface area contributed by atoms with Crippen LogP contribution in [0.2, 0.25) is 0 Å². The average Bonchev–Trinajstić information content (AvgIpc) is 3.62. The van der Waals surface area contributed by atoms with E-state index in [0.717, 1.165) is 49.1 Å². The maximum Gasteiger partial charge on any atom is 0.263 e. The second-order valence-electron chi connectivity index (χ2n) is 9.22. The van der Waals surface area contributed by atoms with Gasteiger partial charge in [-0.25, -0.2) is 10.1 Å².